The lowest BCUT2D eigenvalue weighted by molar-refractivity contribution is -0.140. The summed E-state index contributed by atoms with van der Waals surface area (Å²) < 4.78 is 0. The number of amides is 2. The molecule has 2 heterocycles. The fourth-order valence-corrected chi connectivity index (χ4v) is 6.87. The van der Waals surface area contributed by atoms with Crippen LogP contribution in [0.2, 0.25) is 5.02 Å². The van der Waals surface area contributed by atoms with Crippen molar-refractivity contribution in [2.24, 2.45) is 11.8 Å². The van der Waals surface area contributed by atoms with Crippen LogP contribution in [0.4, 0.5) is 0 Å². The molecule has 1 aromatic heterocycles. The molecule has 4 atom stereocenters. The maximum absolute atomic E-state index is 14.4. The first-order chi connectivity index (χ1) is 20.0. The number of benzene rings is 3. The van der Waals surface area contributed by atoms with Gasteiger partial charge in [0.25, 0.3) is 0 Å². The highest BCUT2D eigenvalue weighted by molar-refractivity contribution is 7.12. The molecule has 41 heavy (non-hydrogen) atoms. The van der Waals surface area contributed by atoms with E-state index in [4.69, 9.17) is 11.6 Å². The molecule has 4 unspecified atom stereocenters. The molecule has 7 heteroatoms. The second kappa shape index (κ2) is 12.0. The number of likely N-dealkylation sites (tertiary alicyclic amines) is 1. The number of ketones is 1. The highest BCUT2D eigenvalue weighted by atomic mass is 35.5. The minimum Gasteiger partial charge on any atom is -0.354 e. The highest BCUT2D eigenvalue weighted by Gasteiger charge is 2.57. The summed E-state index contributed by atoms with van der Waals surface area (Å²) in [7, 11) is 0. The van der Waals surface area contributed by atoms with Crippen molar-refractivity contribution < 1.29 is 14.4 Å². The molecular weight excluding hydrogens is 552 g/mol. The largest absolute Gasteiger partial charge is 0.354 e. The molecule has 0 spiro atoms. The third kappa shape index (κ3) is 5.85. The van der Waals surface area contributed by atoms with Crippen LogP contribution >= 0.6 is 22.9 Å². The summed E-state index contributed by atoms with van der Waals surface area (Å²) in [6.45, 7) is 0.572. The van der Waals surface area contributed by atoms with Gasteiger partial charge < -0.3 is 10.2 Å². The Morgan fingerprint density at radius 3 is 2.15 bits per heavy atom. The zero-order chi connectivity index (χ0) is 28.3. The van der Waals surface area contributed by atoms with Gasteiger partial charge in [0.05, 0.1) is 23.3 Å². The molecule has 5 nitrogen and oxygen atoms in total. The summed E-state index contributed by atoms with van der Waals surface area (Å²) in [5.74, 6) is -1.24. The topological polar surface area (TPSA) is 66.5 Å². The molecule has 1 saturated carbocycles. The van der Waals surface area contributed by atoms with Crippen molar-refractivity contribution in [2.45, 2.75) is 37.3 Å². The number of Topliss-reactive ketones (excluding diaryl/α,β-unsaturated/α-hetero) is 1. The number of hydrogen-bond donors (Lipinski definition) is 1. The van der Waals surface area contributed by atoms with E-state index in [0.717, 1.165) is 29.5 Å². The number of carbonyl (C=O) groups excluding carboxylic acids is 3. The molecule has 1 saturated heterocycles. The predicted molar refractivity (Wildman–Crippen MR) is 162 cm³/mol. The van der Waals surface area contributed by atoms with Crippen molar-refractivity contribution in [2.75, 3.05) is 6.54 Å². The maximum atomic E-state index is 14.4. The third-order valence-corrected chi connectivity index (χ3v) is 9.28. The lowest BCUT2D eigenvalue weighted by atomic mass is 9.77. The van der Waals surface area contributed by atoms with E-state index >= 15 is 0 Å². The quantitative estimate of drug-likeness (QED) is 0.223. The van der Waals surface area contributed by atoms with E-state index in [1.807, 2.05) is 90.3 Å². The van der Waals surface area contributed by atoms with E-state index in [1.54, 1.807) is 17.0 Å². The molecule has 0 bridgehead atoms. The summed E-state index contributed by atoms with van der Waals surface area (Å²) in [5.41, 5.74) is 2.50. The summed E-state index contributed by atoms with van der Waals surface area (Å²) in [5, 5.41) is 5.60. The number of nitrogens with one attached hydrogen (secondary N) is 1. The first-order valence-electron chi connectivity index (χ1n) is 14.0. The molecule has 1 aliphatic heterocycles. The molecule has 208 valence electrons. The van der Waals surface area contributed by atoms with Crippen LogP contribution in [0.5, 0.6) is 0 Å². The van der Waals surface area contributed by atoms with Gasteiger partial charge in [-0.15, -0.1) is 11.3 Å². The second-order valence-corrected chi connectivity index (χ2v) is 12.3. The van der Waals surface area contributed by atoms with Gasteiger partial charge in [-0.2, -0.15) is 0 Å². The number of nitrogens with zero attached hydrogens (tertiary/aromatic N) is 1. The molecule has 1 aliphatic carbocycles. The molecule has 2 fully saturated rings. The maximum Gasteiger partial charge on any atom is 0.243 e. The molecule has 0 radical (unpaired) electrons. The second-order valence-electron chi connectivity index (χ2n) is 10.9. The average Bonchev–Trinajstić information content (AvgIpc) is 3.52. The van der Waals surface area contributed by atoms with Gasteiger partial charge >= 0.3 is 0 Å². The van der Waals surface area contributed by atoms with Crippen LogP contribution in [0.15, 0.2) is 102 Å². The van der Waals surface area contributed by atoms with E-state index in [2.05, 4.69) is 5.32 Å². The predicted octanol–water partition coefficient (Wildman–Crippen LogP) is 6.71. The minimum absolute atomic E-state index is 0.0659. The molecule has 2 aliphatic rings. The van der Waals surface area contributed by atoms with Crippen molar-refractivity contribution in [3.8, 4) is 0 Å². The standard InChI is InChI=1S/C34H31ClN2O3S/c35-26-17-15-24(16-18-26)29-30(33(39)27-12-7-19-41-27)31(25-10-5-2-6-11-25)37(28(38)20-22-8-3-1-4-9-22)32(29)34(40)36-21-23-13-14-23/h1-12,15-19,23,29-32H,13-14,20-21H2,(H,36,40). The Kier molecular flexibility index (Phi) is 8.04. The normalized spacial score (nSPS) is 21.9. The van der Waals surface area contributed by atoms with Crippen molar-refractivity contribution in [1.29, 1.82) is 0 Å². The van der Waals surface area contributed by atoms with Gasteiger partial charge in [0, 0.05) is 17.5 Å². The van der Waals surface area contributed by atoms with Gasteiger partial charge in [-0.1, -0.05) is 90.5 Å². The summed E-state index contributed by atoms with van der Waals surface area (Å²) in [6, 6.07) is 28.7. The first kappa shape index (κ1) is 27.4. The molecule has 1 N–H and O–H groups in total. The van der Waals surface area contributed by atoms with Crippen LogP contribution in [0.3, 0.4) is 0 Å². The Labute approximate surface area is 249 Å². The minimum atomic E-state index is -0.870. The van der Waals surface area contributed by atoms with E-state index in [0.29, 0.717) is 22.4 Å². The van der Waals surface area contributed by atoms with Gasteiger partial charge in [-0.3, -0.25) is 14.4 Å². The Hall–Kier alpha value is -3.74. The van der Waals surface area contributed by atoms with E-state index < -0.39 is 23.9 Å². The lowest BCUT2D eigenvalue weighted by Crippen LogP contribution is -2.49. The number of rotatable bonds is 9. The van der Waals surface area contributed by atoms with Crippen LogP contribution in [-0.4, -0.2) is 35.1 Å². The summed E-state index contributed by atoms with van der Waals surface area (Å²) >= 11 is 7.66. The average molecular weight is 583 g/mol. The Morgan fingerprint density at radius 2 is 1.51 bits per heavy atom. The van der Waals surface area contributed by atoms with Crippen molar-refractivity contribution >= 4 is 40.5 Å². The van der Waals surface area contributed by atoms with Crippen LogP contribution in [0.25, 0.3) is 0 Å². The van der Waals surface area contributed by atoms with Gasteiger partial charge in [0.1, 0.15) is 6.04 Å². The third-order valence-electron chi connectivity index (χ3n) is 8.15. The number of halogens is 1. The zero-order valence-corrected chi connectivity index (χ0v) is 24.1. The van der Waals surface area contributed by atoms with Crippen LogP contribution in [-0.2, 0) is 16.0 Å². The fourth-order valence-electron chi connectivity index (χ4n) is 6.03. The van der Waals surface area contributed by atoms with E-state index in [-0.39, 0.29) is 24.0 Å². The Morgan fingerprint density at radius 1 is 0.829 bits per heavy atom. The smallest absolute Gasteiger partial charge is 0.243 e. The van der Waals surface area contributed by atoms with Crippen molar-refractivity contribution in [3.63, 3.8) is 0 Å². The summed E-state index contributed by atoms with van der Waals surface area (Å²) in [6.07, 6.45) is 2.31. The number of thiophene rings is 1. The molecule has 2 amide bonds. The van der Waals surface area contributed by atoms with Crippen LogP contribution in [0, 0.1) is 11.8 Å². The van der Waals surface area contributed by atoms with E-state index in [1.165, 1.54) is 11.3 Å². The van der Waals surface area contributed by atoms with E-state index in [9.17, 15) is 14.4 Å². The number of hydrogen-bond acceptors (Lipinski definition) is 4. The molecular formula is C34H31ClN2O3S. The van der Waals surface area contributed by atoms with Crippen molar-refractivity contribution in [3.05, 3.63) is 129 Å². The lowest BCUT2D eigenvalue weighted by Gasteiger charge is -2.32. The van der Waals surface area contributed by atoms with Gasteiger partial charge in [-0.05, 0) is 59.0 Å². The summed E-state index contributed by atoms with van der Waals surface area (Å²) in [4.78, 5) is 45.3. The molecule has 3 aromatic carbocycles. The van der Waals surface area contributed by atoms with Crippen LogP contribution < -0.4 is 5.32 Å². The van der Waals surface area contributed by atoms with Gasteiger partial charge in [0.15, 0.2) is 5.78 Å². The SMILES string of the molecule is O=C(c1cccs1)C1C(c2ccc(Cl)cc2)C(C(=O)NCC2CC2)N(C(=O)Cc2ccccc2)C1c1ccccc1. The van der Waals surface area contributed by atoms with Gasteiger partial charge in [-0.25, -0.2) is 0 Å². The van der Waals surface area contributed by atoms with Crippen LogP contribution in [0.1, 0.15) is 51.2 Å². The Bertz CT molecular complexity index is 1500. The van der Waals surface area contributed by atoms with Gasteiger partial charge in [0.2, 0.25) is 11.8 Å². The molecule has 6 rings (SSSR count). The highest BCUT2D eigenvalue weighted by Crippen LogP contribution is 2.52. The zero-order valence-electron chi connectivity index (χ0n) is 22.5. The Balaban J connectivity index is 1.52. The monoisotopic (exact) mass is 582 g/mol. The first-order valence-corrected chi connectivity index (χ1v) is 15.3. The number of carbonyl (C=O) groups is 3. The van der Waals surface area contributed by atoms with Crippen molar-refractivity contribution in [1.82, 2.24) is 10.2 Å². The fraction of sp³-hybridized carbons (Fsp3) is 0.265. The molecule has 4 aromatic rings.